The van der Waals surface area contributed by atoms with Crippen LogP contribution in [0, 0.1) is 0 Å². The van der Waals surface area contributed by atoms with Gasteiger partial charge < -0.3 is 9.84 Å². The van der Waals surface area contributed by atoms with Gasteiger partial charge in [-0.2, -0.15) is 0 Å². The second-order valence-corrected chi connectivity index (χ2v) is 3.91. The number of benzene rings is 1. The molecule has 0 saturated heterocycles. The molecular weight excluding hydrogens is 176 g/mol. The fraction of sp³-hybridized carbons (Fsp3) is 0.500. The molecule has 0 heterocycles. The highest BCUT2D eigenvalue weighted by atomic mass is 16.5. The molecule has 1 aromatic carbocycles. The molecule has 0 spiro atoms. The van der Waals surface area contributed by atoms with Gasteiger partial charge in [0.05, 0.1) is 13.2 Å². The number of hydrogen-bond acceptors (Lipinski definition) is 2. The summed E-state index contributed by atoms with van der Waals surface area (Å²) in [5.41, 5.74) is 1.24. The van der Waals surface area contributed by atoms with Crippen molar-refractivity contribution in [3.63, 3.8) is 0 Å². The van der Waals surface area contributed by atoms with Crippen LogP contribution in [0.25, 0.3) is 0 Å². The number of rotatable bonds is 2. The SMILES string of the molecule is COc1ccccc1C1CCC(O)C1. The topological polar surface area (TPSA) is 29.5 Å². The molecule has 1 fully saturated rings. The van der Waals surface area contributed by atoms with Crippen LogP contribution in [0.2, 0.25) is 0 Å². The predicted molar refractivity (Wildman–Crippen MR) is 55.6 cm³/mol. The molecule has 1 aromatic rings. The zero-order chi connectivity index (χ0) is 9.97. The maximum atomic E-state index is 9.48. The second-order valence-electron chi connectivity index (χ2n) is 3.91. The normalized spacial score (nSPS) is 26.4. The van der Waals surface area contributed by atoms with Gasteiger partial charge in [-0.1, -0.05) is 18.2 Å². The number of para-hydroxylation sites is 1. The van der Waals surface area contributed by atoms with E-state index >= 15 is 0 Å². The van der Waals surface area contributed by atoms with Gasteiger partial charge in [0.15, 0.2) is 0 Å². The van der Waals surface area contributed by atoms with Crippen LogP contribution < -0.4 is 4.74 Å². The van der Waals surface area contributed by atoms with Crippen LogP contribution in [-0.2, 0) is 0 Å². The van der Waals surface area contributed by atoms with E-state index in [1.165, 1.54) is 5.56 Å². The minimum absolute atomic E-state index is 0.120. The van der Waals surface area contributed by atoms with Crippen LogP contribution in [0.5, 0.6) is 5.75 Å². The smallest absolute Gasteiger partial charge is 0.122 e. The molecule has 76 valence electrons. The summed E-state index contributed by atoms with van der Waals surface area (Å²) >= 11 is 0. The van der Waals surface area contributed by atoms with Gasteiger partial charge in [-0.05, 0) is 36.8 Å². The van der Waals surface area contributed by atoms with Crippen LogP contribution >= 0.6 is 0 Å². The standard InChI is InChI=1S/C12H16O2/c1-14-12-5-3-2-4-11(12)9-6-7-10(13)8-9/h2-5,9-10,13H,6-8H2,1H3. The minimum atomic E-state index is -0.120. The van der Waals surface area contributed by atoms with Gasteiger partial charge in [0.25, 0.3) is 0 Å². The predicted octanol–water partition coefficient (Wildman–Crippen LogP) is 2.32. The lowest BCUT2D eigenvalue weighted by atomic mass is 9.97. The number of methoxy groups -OCH3 is 1. The summed E-state index contributed by atoms with van der Waals surface area (Å²) in [6.07, 6.45) is 2.75. The summed E-state index contributed by atoms with van der Waals surface area (Å²) < 4.78 is 5.31. The summed E-state index contributed by atoms with van der Waals surface area (Å²) in [6.45, 7) is 0. The molecule has 0 radical (unpaired) electrons. The molecular formula is C12H16O2. The summed E-state index contributed by atoms with van der Waals surface area (Å²) in [7, 11) is 1.70. The van der Waals surface area contributed by atoms with Crippen LogP contribution in [-0.4, -0.2) is 18.3 Å². The summed E-state index contributed by atoms with van der Waals surface area (Å²) in [6, 6.07) is 8.10. The van der Waals surface area contributed by atoms with Gasteiger partial charge >= 0.3 is 0 Å². The van der Waals surface area contributed by atoms with E-state index in [-0.39, 0.29) is 6.10 Å². The van der Waals surface area contributed by atoms with Crippen molar-refractivity contribution < 1.29 is 9.84 Å². The van der Waals surface area contributed by atoms with Gasteiger partial charge in [0.2, 0.25) is 0 Å². The van der Waals surface area contributed by atoms with E-state index < -0.39 is 0 Å². The molecule has 2 atom stereocenters. The maximum Gasteiger partial charge on any atom is 0.122 e. The molecule has 2 heteroatoms. The number of aliphatic hydroxyl groups is 1. The van der Waals surface area contributed by atoms with Gasteiger partial charge in [0.1, 0.15) is 5.75 Å². The Morgan fingerprint density at radius 3 is 2.71 bits per heavy atom. The number of hydrogen-bond donors (Lipinski definition) is 1. The highest BCUT2D eigenvalue weighted by Crippen LogP contribution is 2.38. The van der Waals surface area contributed by atoms with Crippen molar-refractivity contribution in [2.45, 2.75) is 31.3 Å². The van der Waals surface area contributed by atoms with Crippen molar-refractivity contribution >= 4 is 0 Å². The summed E-state index contributed by atoms with van der Waals surface area (Å²) in [5.74, 6) is 1.42. The largest absolute Gasteiger partial charge is 0.496 e. The monoisotopic (exact) mass is 192 g/mol. The third kappa shape index (κ3) is 1.75. The average Bonchev–Trinajstić information content (AvgIpc) is 2.65. The van der Waals surface area contributed by atoms with Crippen molar-refractivity contribution in [3.8, 4) is 5.75 Å². The molecule has 0 bridgehead atoms. The number of aliphatic hydroxyl groups excluding tert-OH is 1. The van der Waals surface area contributed by atoms with Gasteiger partial charge in [-0.3, -0.25) is 0 Å². The Kier molecular flexibility index (Phi) is 2.73. The van der Waals surface area contributed by atoms with E-state index in [0.29, 0.717) is 5.92 Å². The fourth-order valence-corrected chi connectivity index (χ4v) is 2.24. The molecule has 0 amide bonds. The van der Waals surface area contributed by atoms with E-state index in [1.54, 1.807) is 7.11 Å². The third-order valence-corrected chi connectivity index (χ3v) is 2.98. The van der Waals surface area contributed by atoms with Crippen LogP contribution in [0.1, 0.15) is 30.7 Å². The third-order valence-electron chi connectivity index (χ3n) is 2.98. The molecule has 1 saturated carbocycles. The maximum absolute atomic E-state index is 9.48. The Balaban J connectivity index is 2.22. The van der Waals surface area contributed by atoms with Crippen LogP contribution in [0.15, 0.2) is 24.3 Å². The minimum Gasteiger partial charge on any atom is -0.496 e. The molecule has 1 N–H and O–H groups in total. The first kappa shape index (κ1) is 9.53. The summed E-state index contributed by atoms with van der Waals surface area (Å²) in [5, 5.41) is 9.48. The first-order valence-electron chi connectivity index (χ1n) is 5.12. The quantitative estimate of drug-likeness (QED) is 0.779. The van der Waals surface area contributed by atoms with E-state index in [0.717, 1.165) is 25.0 Å². The molecule has 0 aliphatic heterocycles. The first-order valence-corrected chi connectivity index (χ1v) is 5.12. The highest BCUT2D eigenvalue weighted by molar-refractivity contribution is 5.36. The Morgan fingerprint density at radius 2 is 2.07 bits per heavy atom. The fourth-order valence-electron chi connectivity index (χ4n) is 2.24. The van der Waals surface area contributed by atoms with E-state index in [1.807, 2.05) is 18.2 Å². The molecule has 14 heavy (non-hydrogen) atoms. The van der Waals surface area contributed by atoms with Gasteiger partial charge in [0, 0.05) is 0 Å². The number of ether oxygens (including phenoxy) is 1. The van der Waals surface area contributed by atoms with Crippen LogP contribution in [0.3, 0.4) is 0 Å². The van der Waals surface area contributed by atoms with Gasteiger partial charge in [-0.15, -0.1) is 0 Å². The van der Waals surface area contributed by atoms with Crippen molar-refractivity contribution in [1.82, 2.24) is 0 Å². The second kappa shape index (κ2) is 4.01. The Labute approximate surface area is 84.5 Å². The zero-order valence-corrected chi connectivity index (χ0v) is 8.44. The lowest BCUT2D eigenvalue weighted by Gasteiger charge is -2.13. The highest BCUT2D eigenvalue weighted by Gasteiger charge is 2.25. The van der Waals surface area contributed by atoms with Crippen molar-refractivity contribution in [2.24, 2.45) is 0 Å². The van der Waals surface area contributed by atoms with Gasteiger partial charge in [-0.25, -0.2) is 0 Å². The molecule has 2 unspecified atom stereocenters. The van der Waals surface area contributed by atoms with Crippen molar-refractivity contribution in [1.29, 1.82) is 0 Å². The molecule has 1 aliphatic rings. The first-order chi connectivity index (χ1) is 6.81. The lowest BCUT2D eigenvalue weighted by Crippen LogP contribution is -2.01. The Morgan fingerprint density at radius 1 is 1.29 bits per heavy atom. The van der Waals surface area contributed by atoms with Crippen molar-refractivity contribution in [2.75, 3.05) is 7.11 Å². The Hall–Kier alpha value is -1.02. The lowest BCUT2D eigenvalue weighted by molar-refractivity contribution is 0.181. The van der Waals surface area contributed by atoms with E-state index in [9.17, 15) is 5.11 Å². The molecule has 2 nitrogen and oxygen atoms in total. The molecule has 1 aliphatic carbocycles. The summed E-state index contributed by atoms with van der Waals surface area (Å²) in [4.78, 5) is 0. The Bertz CT molecular complexity index is 309. The zero-order valence-electron chi connectivity index (χ0n) is 8.44. The average molecular weight is 192 g/mol. The molecule has 2 rings (SSSR count). The molecule has 0 aromatic heterocycles. The van der Waals surface area contributed by atoms with Crippen molar-refractivity contribution in [3.05, 3.63) is 29.8 Å². The van der Waals surface area contributed by atoms with E-state index in [2.05, 4.69) is 6.07 Å². The van der Waals surface area contributed by atoms with Crippen LogP contribution in [0.4, 0.5) is 0 Å². The van der Waals surface area contributed by atoms with E-state index in [4.69, 9.17) is 4.74 Å².